The van der Waals surface area contributed by atoms with Gasteiger partial charge in [0, 0.05) is 19.3 Å². The van der Waals surface area contributed by atoms with Crippen LogP contribution in [0.5, 0.6) is 0 Å². The minimum atomic E-state index is -0.256. The summed E-state index contributed by atoms with van der Waals surface area (Å²) in [5.41, 5.74) is 4.46. The molecule has 0 saturated heterocycles. The van der Waals surface area contributed by atoms with E-state index < -0.39 is 0 Å². The molecule has 5 heteroatoms. The third-order valence-corrected chi connectivity index (χ3v) is 3.86. The van der Waals surface area contributed by atoms with Crippen LogP contribution in [0.25, 0.3) is 0 Å². The fourth-order valence-corrected chi connectivity index (χ4v) is 2.93. The Morgan fingerprint density at radius 1 is 1.23 bits per heavy atom. The molecule has 2 aromatic rings. The Morgan fingerprint density at radius 2 is 2.00 bits per heavy atom. The summed E-state index contributed by atoms with van der Waals surface area (Å²) in [5, 5.41) is 4.26. The van der Waals surface area contributed by atoms with E-state index in [2.05, 4.69) is 23.3 Å². The molecule has 1 aromatic heterocycles. The second kappa shape index (κ2) is 6.22. The fraction of sp³-hybridized carbons (Fsp3) is 0.412. The van der Waals surface area contributed by atoms with Crippen LogP contribution in [0.3, 0.4) is 0 Å². The zero-order valence-corrected chi connectivity index (χ0v) is 13.1. The molecule has 1 aliphatic heterocycles. The van der Waals surface area contributed by atoms with Crippen molar-refractivity contribution in [2.24, 2.45) is 0 Å². The molecule has 1 aromatic carbocycles. The summed E-state index contributed by atoms with van der Waals surface area (Å²) in [4.78, 5) is 14.1. The van der Waals surface area contributed by atoms with Crippen molar-refractivity contribution in [1.29, 1.82) is 0 Å². The van der Waals surface area contributed by atoms with Gasteiger partial charge in [-0.15, -0.1) is 0 Å². The van der Waals surface area contributed by atoms with Gasteiger partial charge in [0.25, 0.3) is 0 Å². The molecule has 0 N–H and O–H groups in total. The van der Waals surface area contributed by atoms with Crippen molar-refractivity contribution in [2.75, 3.05) is 6.54 Å². The highest BCUT2D eigenvalue weighted by atomic mass is 16.6. The molecular weight excluding hydrogens is 278 g/mol. The van der Waals surface area contributed by atoms with Gasteiger partial charge in [0.1, 0.15) is 6.61 Å². The summed E-state index contributed by atoms with van der Waals surface area (Å²) in [5.74, 6) is 0. The van der Waals surface area contributed by atoms with Crippen LogP contribution in [0.1, 0.15) is 28.8 Å². The molecule has 0 aliphatic carbocycles. The van der Waals surface area contributed by atoms with Crippen LogP contribution in [0.4, 0.5) is 4.79 Å². The van der Waals surface area contributed by atoms with Crippen LogP contribution in [0.15, 0.2) is 30.5 Å². The third-order valence-electron chi connectivity index (χ3n) is 3.86. The quantitative estimate of drug-likeness (QED) is 0.856. The lowest BCUT2D eigenvalue weighted by molar-refractivity contribution is 0.0942. The van der Waals surface area contributed by atoms with Gasteiger partial charge in [0.15, 0.2) is 0 Å². The lowest BCUT2D eigenvalue weighted by Crippen LogP contribution is -2.31. The predicted octanol–water partition coefficient (Wildman–Crippen LogP) is 3.04. The van der Waals surface area contributed by atoms with Gasteiger partial charge in [0.05, 0.1) is 12.2 Å². The first-order chi connectivity index (χ1) is 10.6. The number of aromatic nitrogens is 2. The molecule has 0 fully saturated rings. The first-order valence-corrected chi connectivity index (χ1v) is 7.61. The maximum atomic E-state index is 12.3. The van der Waals surface area contributed by atoms with Crippen molar-refractivity contribution in [3.8, 4) is 0 Å². The molecule has 22 heavy (non-hydrogen) atoms. The van der Waals surface area contributed by atoms with Gasteiger partial charge in [-0.1, -0.05) is 29.3 Å². The first-order valence-electron chi connectivity index (χ1n) is 7.61. The minimum Gasteiger partial charge on any atom is -0.445 e. The number of rotatable bonds is 2. The first kappa shape index (κ1) is 14.6. The van der Waals surface area contributed by atoms with Crippen LogP contribution in [0.2, 0.25) is 0 Å². The topological polar surface area (TPSA) is 47.4 Å². The van der Waals surface area contributed by atoms with E-state index in [0.717, 1.165) is 24.2 Å². The maximum Gasteiger partial charge on any atom is 0.410 e. The monoisotopic (exact) mass is 299 g/mol. The smallest absolute Gasteiger partial charge is 0.410 e. The van der Waals surface area contributed by atoms with E-state index in [9.17, 15) is 4.79 Å². The Morgan fingerprint density at radius 3 is 2.77 bits per heavy atom. The lowest BCUT2D eigenvalue weighted by atomic mass is 10.1. The summed E-state index contributed by atoms with van der Waals surface area (Å²) in [6, 6.07) is 8.17. The van der Waals surface area contributed by atoms with Crippen LogP contribution in [-0.4, -0.2) is 27.3 Å². The maximum absolute atomic E-state index is 12.3. The van der Waals surface area contributed by atoms with E-state index in [1.165, 1.54) is 11.1 Å². The summed E-state index contributed by atoms with van der Waals surface area (Å²) in [6.07, 6.45) is 2.42. The number of nitrogens with zero attached hydrogens (tertiary/aromatic N) is 3. The predicted molar refractivity (Wildman–Crippen MR) is 83.4 cm³/mol. The molecule has 5 nitrogen and oxygen atoms in total. The van der Waals surface area contributed by atoms with Crippen molar-refractivity contribution >= 4 is 6.09 Å². The lowest BCUT2D eigenvalue weighted by Gasteiger charge is -2.19. The Hall–Kier alpha value is -2.30. The Labute approximate surface area is 130 Å². The van der Waals surface area contributed by atoms with Crippen molar-refractivity contribution in [2.45, 2.75) is 40.0 Å². The summed E-state index contributed by atoms with van der Waals surface area (Å²) in [6.45, 7) is 6.53. The van der Waals surface area contributed by atoms with Gasteiger partial charge >= 0.3 is 6.09 Å². The second-order valence-corrected chi connectivity index (χ2v) is 5.87. The molecule has 0 radical (unpaired) electrons. The number of ether oxygens (including phenoxy) is 1. The molecule has 0 bridgehead atoms. The number of carbonyl (C=O) groups is 1. The van der Waals surface area contributed by atoms with Gasteiger partial charge in [-0.2, -0.15) is 5.10 Å². The van der Waals surface area contributed by atoms with Crippen LogP contribution < -0.4 is 0 Å². The van der Waals surface area contributed by atoms with Gasteiger partial charge in [-0.25, -0.2) is 4.79 Å². The van der Waals surface area contributed by atoms with Crippen LogP contribution >= 0.6 is 0 Å². The number of benzene rings is 1. The minimum absolute atomic E-state index is 0.256. The highest BCUT2D eigenvalue weighted by Gasteiger charge is 2.20. The molecule has 116 valence electrons. The highest BCUT2D eigenvalue weighted by Crippen LogP contribution is 2.14. The molecule has 3 rings (SSSR count). The van der Waals surface area contributed by atoms with Crippen LogP contribution in [-0.2, 0) is 24.4 Å². The summed E-state index contributed by atoms with van der Waals surface area (Å²) >= 11 is 0. The Balaban J connectivity index is 1.62. The van der Waals surface area contributed by atoms with Gasteiger partial charge < -0.3 is 9.64 Å². The van der Waals surface area contributed by atoms with Gasteiger partial charge in [0.2, 0.25) is 0 Å². The highest BCUT2D eigenvalue weighted by molar-refractivity contribution is 5.67. The molecule has 0 atom stereocenters. The van der Waals surface area contributed by atoms with E-state index in [1.807, 2.05) is 24.6 Å². The van der Waals surface area contributed by atoms with Crippen molar-refractivity contribution in [3.63, 3.8) is 0 Å². The van der Waals surface area contributed by atoms with Gasteiger partial charge in [-0.3, -0.25) is 4.68 Å². The Bertz CT molecular complexity index is 658. The van der Waals surface area contributed by atoms with E-state index >= 15 is 0 Å². The number of hydrogen-bond donors (Lipinski definition) is 0. The van der Waals surface area contributed by atoms with Crippen molar-refractivity contribution < 1.29 is 9.53 Å². The van der Waals surface area contributed by atoms with Crippen molar-refractivity contribution in [1.82, 2.24) is 14.7 Å². The number of fused-ring (bicyclic) bond motifs is 1. The van der Waals surface area contributed by atoms with Crippen molar-refractivity contribution in [3.05, 3.63) is 52.8 Å². The molecular formula is C17H21N3O2. The van der Waals surface area contributed by atoms with E-state index in [4.69, 9.17) is 4.74 Å². The third kappa shape index (κ3) is 3.30. The average Bonchev–Trinajstić information content (AvgIpc) is 2.81. The number of carbonyl (C=O) groups excluding carboxylic acids is 1. The average molecular weight is 299 g/mol. The standard InChI is InChI=1S/C17H21N3O2/c1-13-8-14(2)10-15(9-13)12-22-17(21)19-6-3-7-20-16(11-19)4-5-18-20/h4-5,8-10H,3,6-7,11-12H2,1-2H3. The molecule has 1 aliphatic rings. The van der Waals surface area contributed by atoms with E-state index in [1.54, 1.807) is 11.1 Å². The number of aryl methyl sites for hydroxylation is 3. The van der Waals surface area contributed by atoms with Gasteiger partial charge in [-0.05, 0) is 31.9 Å². The fourth-order valence-electron chi connectivity index (χ4n) is 2.93. The normalized spacial score (nSPS) is 14.4. The largest absolute Gasteiger partial charge is 0.445 e. The second-order valence-electron chi connectivity index (χ2n) is 5.87. The number of amides is 1. The van der Waals surface area contributed by atoms with Crippen LogP contribution in [0, 0.1) is 13.8 Å². The van der Waals surface area contributed by atoms with E-state index in [-0.39, 0.29) is 6.09 Å². The SMILES string of the molecule is Cc1cc(C)cc(COC(=O)N2CCCn3nccc3C2)c1. The summed E-state index contributed by atoms with van der Waals surface area (Å²) < 4.78 is 7.44. The summed E-state index contributed by atoms with van der Waals surface area (Å²) in [7, 11) is 0. The number of hydrogen-bond acceptors (Lipinski definition) is 3. The zero-order chi connectivity index (χ0) is 15.5. The van der Waals surface area contributed by atoms with E-state index in [0.29, 0.717) is 19.7 Å². The Kier molecular flexibility index (Phi) is 4.13. The molecule has 0 spiro atoms. The molecule has 0 saturated carbocycles. The zero-order valence-electron chi connectivity index (χ0n) is 13.1. The molecule has 1 amide bonds. The molecule has 0 unspecified atom stereocenters. The molecule has 2 heterocycles.